The fraction of sp³-hybridized carbons (Fsp3) is 0.143. The van der Waals surface area contributed by atoms with Gasteiger partial charge in [-0.25, -0.2) is 4.39 Å². The van der Waals surface area contributed by atoms with Gasteiger partial charge in [0.05, 0.1) is 10.0 Å². The Morgan fingerprint density at radius 1 is 1.05 bits per heavy atom. The zero-order valence-corrected chi connectivity index (χ0v) is 12.7. The summed E-state index contributed by atoms with van der Waals surface area (Å²) < 4.78 is 57.5. The monoisotopic (exact) mass is 382 g/mol. The molecule has 0 bridgehead atoms. The Labute approximate surface area is 131 Å². The van der Waals surface area contributed by atoms with E-state index in [2.05, 4.69) is 15.9 Å². The molecule has 0 aliphatic rings. The van der Waals surface area contributed by atoms with Gasteiger partial charge in [0.25, 0.3) is 0 Å². The predicted molar refractivity (Wildman–Crippen MR) is 75.2 cm³/mol. The van der Waals surface area contributed by atoms with Crippen molar-refractivity contribution in [1.29, 1.82) is 0 Å². The molecule has 0 N–H and O–H groups in total. The van der Waals surface area contributed by atoms with Crippen molar-refractivity contribution >= 4 is 27.5 Å². The Kier molecular flexibility index (Phi) is 4.78. The van der Waals surface area contributed by atoms with Crippen molar-refractivity contribution in [3.63, 3.8) is 0 Å². The van der Waals surface area contributed by atoms with E-state index < -0.39 is 17.6 Å². The van der Waals surface area contributed by atoms with Crippen molar-refractivity contribution in [1.82, 2.24) is 0 Å². The normalized spacial score (nSPS) is 11.5. The van der Waals surface area contributed by atoms with E-state index in [0.717, 1.165) is 12.1 Å². The fourth-order valence-electron chi connectivity index (χ4n) is 1.68. The van der Waals surface area contributed by atoms with Crippen molar-refractivity contribution in [2.24, 2.45) is 0 Å². The highest BCUT2D eigenvalue weighted by Gasteiger charge is 2.33. The number of hydrogen-bond donors (Lipinski definition) is 0. The van der Waals surface area contributed by atoms with Crippen LogP contribution in [-0.4, -0.2) is 0 Å². The molecule has 2 aromatic carbocycles. The number of rotatable bonds is 3. The Morgan fingerprint density at radius 2 is 1.67 bits per heavy atom. The first-order valence-electron chi connectivity index (χ1n) is 5.70. The van der Waals surface area contributed by atoms with E-state index in [4.69, 9.17) is 16.3 Å². The largest absolute Gasteiger partial charge is 0.457 e. The van der Waals surface area contributed by atoms with Crippen LogP contribution in [0.5, 0.6) is 11.5 Å². The van der Waals surface area contributed by atoms with E-state index in [-0.39, 0.29) is 27.4 Å². The third-order valence-electron chi connectivity index (χ3n) is 2.66. The third kappa shape index (κ3) is 3.89. The van der Waals surface area contributed by atoms with E-state index in [9.17, 15) is 17.6 Å². The van der Waals surface area contributed by atoms with Crippen molar-refractivity contribution in [2.45, 2.75) is 12.1 Å². The number of alkyl halides is 4. The van der Waals surface area contributed by atoms with E-state index in [1.807, 2.05) is 0 Å². The smallest absolute Gasteiger partial charge is 0.416 e. The van der Waals surface area contributed by atoms with E-state index in [1.54, 1.807) is 0 Å². The molecule has 0 aliphatic heterocycles. The highest BCUT2D eigenvalue weighted by Crippen LogP contribution is 2.36. The summed E-state index contributed by atoms with van der Waals surface area (Å²) >= 11 is 8.47. The molecular weight excluding hydrogens is 376 g/mol. The minimum Gasteiger partial charge on any atom is -0.457 e. The van der Waals surface area contributed by atoms with Gasteiger partial charge >= 0.3 is 6.18 Å². The second-order valence-corrected chi connectivity index (χ2v) is 5.25. The molecule has 21 heavy (non-hydrogen) atoms. The molecule has 0 atom stereocenters. The lowest BCUT2D eigenvalue weighted by molar-refractivity contribution is -0.138. The molecule has 2 aromatic rings. The van der Waals surface area contributed by atoms with Crippen molar-refractivity contribution in [2.75, 3.05) is 0 Å². The molecule has 0 saturated heterocycles. The van der Waals surface area contributed by atoms with Crippen molar-refractivity contribution < 1.29 is 22.3 Å². The van der Waals surface area contributed by atoms with Crippen LogP contribution in [0.3, 0.4) is 0 Å². The Balaban J connectivity index is 2.34. The Morgan fingerprint density at radius 3 is 2.24 bits per heavy atom. The van der Waals surface area contributed by atoms with Gasteiger partial charge in [-0.05, 0) is 45.8 Å². The van der Waals surface area contributed by atoms with Crippen LogP contribution in [0.25, 0.3) is 0 Å². The molecule has 0 unspecified atom stereocenters. The molecule has 1 nitrogen and oxygen atoms in total. The van der Waals surface area contributed by atoms with Gasteiger partial charge in [0.1, 0.15) is 17.3 Å². The lowest BCUT2D eigenvalue weighted by Gasteiger charge is -2.13. The van der Waals surface area contributed by atoms with Gasteiger partial charge in [0.15, 0.2) is 0 Å². The first-order chi connectivity index (χ1) is 9.81. The maximum Gasteiger partial charge on any atom is 0.416 e. The number of benzene rings is 2. The molecule has 0 saturated carbocycles. The van der Waals surface area contributed by atoms with E-state index >= 15 is 0 Å². The van der Waals surface area contributed by atoms with Gasteiger partial charge in [-0.3, -0.25) is 0 Å². The maximum absolute atomic E-state index is 13.3. The summed E-state index contributed by atoms with van der Waals surface area (Å²) in [6.45, 7) is 0. The summed E-state index contributed by atoms with van der Waals surface area (Å²) in [5, 5.41) is 0. The Hall–Kier alpha value is -1.27. The number of ether oxygens (including phenoxy) is 1. The molecule has 0 radical (unpaired) electrons. The third-order valence-corrected chi connectivity index (χ3v) is 3.59. The minimum atomic E-state index is -4.53. The molecule has 0 amide bonds. The number of hydrogen-bond acceptors (Lipinski definition) is 1. The highest BCUT2D eigenvalue weighted by atomic mass is 79.9. The van der Waals surface area contributed by atoms with Gasteiger partial charge < -0.3 is 4.74 Å². The highest BCUT2D eigenvalue weighted by molar-refractivity contribution is 9.10. The quantitative estimate of drug-likeness (QED) is 0.457. The fourth-order valence-corrected chi connectivity index (χ4v) is 2.16. The molecule has 0 spiro atoms. The first-order valence-corrected chi connectivity index (χ1v) is 7.03. The summed E-state index contributed by atoms with van der Waals surface area (Å²) in [6.07, 6.45) is -4.53. The summed E-state index contributed by atoms with van der Waals surface area (Å²) in [5.74, 6) is -0.775. The van der Waals surface area contributed by atoms with E-state index in [1.165, 1.54) is 24.3 Å². The van der Waals surface area contributed by atoms with Crippen LogP contribution in [0.4, 0.5) is 17.6 Å². The van der Waals surface area contributed by atoms with Gasteiger partial charge in [-0.15, -0.1) is 11.6 Å². The standard InChI is InChI=1S/C14H8BrClF4O/c15-12-4-3-10(6-13(12)17)21-9-2-1-8(7-16)11(5-9)14(18,19)20/h1-6H,7H2. The average Bonchev–Trinajstić information content (AvgIpc) is 2.42. The summed E-state index contributed by atoms with van der Waals surface area (Å²) in [7, 11) is 0. The average molecular weight is 384 g/mol. The zero-order chi connectivity index (χ0) is 15.6. The first kappa shape index (κ1) is 16.1. The van der Waals surface area contributed by atoms with Crippen LogP contribution in [0.2, 0.25) is 0 Å². The zero-order valence-electron chi connectivity index (χ0n) is 10.3. The van der Waals surface area contributed by atoms with Gasteiger partial charge in [0.2, 0.25) is 0 Å². The van der Waals surface area contributed by atoms with Crippen LogP contribution in [-0.2, 0) is 12.1 Å². The topological polar surface area (TPSA) is 9.23 Å². The number of halogens is 6. The predicted octanol–water partition coefficient (Wildman–Crippen LogP) is 6.14. The molecule has 7 heteroatoms. The van der Waals surface area contributed by atoms with Gasteiger partial charge in [-0.2, -0.15) is 13.2 Å². The molecule has 0 fully saturated rings. The lowest BCUT2D eigenvalue weighted by Crippen LogP contribution is -2.08. The second kappa shape index (κ2) is 6.23. The van der Waals surface area contributed by atoms with E-state index in [0.29, 0.717) is 0 Å². The summed E-state index contributed by atoms with van der Waals surface area (Å²) in [6, 6.07) is 7.36. The molecule has 0 aromatic heterocycles. The molecule has 112 valence electrons. The van der Waals surface area contributed by atoms with Crippen LogP contribution < -0.4 is 4.74 Å². The van der Waals surface area contributed by atoms with Crippen molar-refractivity contribution in [3.05, 3.63) is 57.8 Å². The van der Waals surface area contributed by atoms with Crippen LogP contribution >= 0.6 is 27.5 Å². The maximum atomic E-state index is 13.3. The molecule has 0 aliphatic carbocycles. The molecular formula is C14H8BrClF4O. The van der Waals surface area contributed by atoms with Crippen molar-refractivity contribution in [3.8, 4) is 11.5 Å². The van der Waals surface area contributed by atoms with Crippen LogP contribution in [0, 0.1) is 5.82 Å². The lowest BCUT2D eigenvalue weighted by atomic mass is 10.1. The Bertz CT molecular complexity index is 658. The summed E-state index contributed by atoms with van der Waals surface area (Å²) in [4.78, 5) is 0. The molecule has 2 rings (SSSR count). The van der Waals surface area contributed by atoms with Gasteiger partial charge in [0, 0.05) is 11.9 Å². The minimum absolute atomic E-state index is 0.0431. The summed E-state index contributed by atoms with van der Waals surface area (Å²) in [5.41, 5.74) is -0.911. The second-order valence-electron chi connectivity index (χ2n) is 4.13. The van der Waals surface area contributed by atoms with Gasteiger partial charge in [-0.1, -0.05) is 6.07 Å². The SMILES string of the molecule is Fc1cc(Oc2ccc(CCl)c(C(F)(F)F)c2)ccc1Br. The van der Waals surface area contributed by atoms with Crippen LogP contribution in [0.1, 0.15) is 11.1 Å². The molecule has 0 heterocycles. The van der Waals surface area contributed by atoms with Crippen LogP contribution in [0.15, 0.2) is 40.9 Å².